The first-order valence-electron chi connectivity index (χ1n) is 14.3. The molecule has 45 heavy (non-hydrogen) atoms. The molecule has 4 aromatic carbocycles. The van der Waals surface area contributed by atoms with Crippen LogP contribution in [0.25, 0.3) is 0 Å². The number of benzene rings is 4. The Morgan fingerprint density at radius 3 is 2.00 bits per heavy atom. The average molecular weight is 634 g/mol. The third kappa shape index (κ3) is 8.18. The van der Waals surface area contributed by atoms with Gasteiger partial charge in [-0.15, -0.1) is 0 Å². The summed E-state index contributed by atoms with van der Waals surface area (Å²) in [5, 5.41) is 2.83. The third-order valence-electron chi connectivity index (χ3n) is 7.15. The van der Waals surface area contributed by atoms with E-state index in [4.69, 9.17) is 9.47 Å². The minimum Gasteiger partial charge on any atom is -0.493 e. The van der Waals surface area contributed by atoms with Crippen molar-refractivity contribution in [3.63, 3.8) is 0 Å². The average Bonchev–Trinajstić information content (AvgIpc) is 3.06. The molecule has 0 aromatic heterocycles. The fourth-order valence-electron chi connectivity index (χ4n) is 4.87. The Kier molecular flexibility index (Phi) is 11.2. The van der Waals surface area contributed by atoms with Crippen molar-refractivity contribution in [2.24, 2.45) is 0 Å². The summed E-state index contributed by atoms with van der Waals surface area (Å²) in [7, 11) is -1.61. The van der Waals surface area contributed by atoms with E-state index in [0.717, 1.165) is 27.6 Å². The van der Waals surface area contributed by atoms with Crippen molar-refractivity contribution in [2.75, 3.05) is 31.6 Å². The van der Waals surface area contributed by atoms with Crippen LogP contribution in [0.5, 0.6) is 11.5 Å². The second-order valence-electron chi connectivity index (χ2n) is 10.1. The largest absolute Gasteiger partial charge is 0.493 e. The predicted octanol–water partition coefficient (Wildman–Crippen LogP) is 4.81. The summed E-state index contributed by atoms with van der Waals surface area (Å²) in [6.45, 7) is 1.50. The Labute approximate surface area is 263 Å². The van der Waals surface area contributed by atoms with Crippen molar-refractivity contribution in [3.8, 4) is 11.5 Å². The maximum absolute atomic E-state index is 14.4. The zero-order valence-electron chi connectivity index (χ0n) is 25.4. The van der Waals surface area contributed by atoms with Gasteiger partial charge in [0.1, 0.15) is 18.4 Å². The molecule has 4 aromatic rings. The van der Waals surface area contributed by atoms with E-state index in [1.807, 2.05) is 60.7 Å². The quantitative estimate of drug-likeness (QED) is 0.214. The fourth-order valence-corrected chi connectivity index (χ4v) is 6.30. The first-order chi connectivity index (χ1) is 21.7. The number of nitrogens with one attached hydrogen (secondary N) is 1. The number of likely N-dealkylation sites (N-methyl/N-ethyl adjacent to an activating group) is 1. The van der Waals surface area contributed by atoms with Crippen molar-refractivity contribution in [1.82, 2.24) is 10.2 Å². The van der Waals surface area contributed by atoms with Gasteiger partial charge in [0.05, 0.1) is 24.8 Å². The molecule has 9 nitrogen and oxygen atoms in total. The van der Waals surface area contributed by atoms with Gasteiger partial charge in [-0.2, -0.15) is 0 Å². The molecule has 11 heteroatoms. The number of sulfonamides is 1. The number of carbonyl (C=O) groups is 2. The van der Waals surface area contributed by atoms with Crippen molar-refractivity contribution < 1.29 is 31.9 Å². The summed E-state index contributed by atoms with van der Waals surface area (Å²) in [6, 6.07) is 26.4. The summed E-state index contributed by atoms with van der Waals surface area (Å²) in [5.74, 6) is -1.08. The Morgan fingerprint density at radius 2 is 1.42 bits per heavy atom. The zero-order valence-corrected chi connectivity index (χ0v) is 26.2. The lowest BCUT2D eigenvalue weighted by atomic mass is 10.0. The van der Waals surface area contributed by atoms with Crippen LogP contribution < -0.4 is 19.1 Å². The van der Waals surface area contributed by atoms with E-state index in [1.165, 1.54) is 49.5 Å². The molecule has 1 atom stereocenters. The van der Waals surface area contributed by atoms with Gasteiger partial charge in [-0.1, -0.05) is 60.7 Å². The van der Waals surface area contributed by atoms with Gasteiger partial charge in [0, 0.05) is 25.6 Å². The predicted molar refractivity (Wildman–Crippen MR) is 170 cm³/mol. The highest BCUT2D eigenvalue weighted by atomic mass is 32.2. The number of hydrogen-bond donors (Lipinski definition) is 1. The molecule has 0 spiro atoms. The second-order valence-corrected chi connectivity index (χ2v) is 12.0. The Bertz CT molecular complexity index is 1690. The number of rotatable bonds is 14. The highest BCUT2D eigenvalue weighted by molar-refractivity contribution is 7.92. The van der Waals surface area contributed by atoms with Crippen LogP contribution in [0.3, 0.4) is 0 Å². The van der Waals surface area contributed by atoms with Crippen LogP contribution in [-0.2, 0) is 32.6 Å². The standard InChI is InChI=1S/C34H36FN3O6S/c1-4-36-34(40)30(21-25-11-7-5-8-12-25)37(23-26-13-9-6-10-14-26)33(39)24-38(28-17-15-27(35)16-18-28)45(41,42)29-19-20-31(43-2)32(22-29)44-3/h5-20,22,30H,4,21,23-24H2,1-3H3,(H,36,40)/t30-/m0/s1. The summed E-state index contributed by atoms with van der Waals surface area (Å²) >= 11 is 0. The van der Waals surface area contributed by atoms with E-state index < -0.39 is 34.3 Å². The fraction of sp³-hybridized carbons (Fsp3) is 0.235. The smallest absolute Gasteiger partial charge is 0.264 e. The molecule has 0 aliphatic rings. The molecular weight excluding hydrogens is 597 g/mol. The van der Waals surface area contributed by atoms with Gasteiger partial charge in [0.2, 0.25) is 11.8 Å². The molecule has 0 fully saturated rings. The Morgan fingerprint density at radius 1 is 0.822 bits per heavy atom. The molecular formula is C34H36FN3O6S. The normalized spacial score (nSPS) is 11.7. The van der Waals surface area contributed by atoms with Gasteiger partial charge in [-0.25, -0.2) is 12.8 Å². The van der Waals surface area contributed by atoms with Crippen LogP contribution in [-0.4, -0.2) is 58.5 Å². The molecule has 0 radical (unpaired) electrons. The molecule has 0 saturated carbocycles. The van der Waals surface area contributed by atoms with E-state index in [2.05, 4.69) is 5.32 Å². The summed E-state index contributed by atoms with van der Waals surface area (Å²) in [5.41, 5.74) is 1.65. The second kappa shape index (κ2) is 15.2. The zero-order chi connectivity index (χ0) is 32.4. The molecule has 0 saturated heterocycles. The minimum absolute atomic E-state index is 0.0436. The number of anilines is 1. The van der Waals surface area contributed by atoms with Crippen LogP contribution in [0.15, 0.2) is 108 Å². The topological polar surface area (TPSA) is 105 Å². The maximum atomic E-state index is 14.4. The van der Waals surface area contributed by atoms with Crippen LogP contribution in [0.4, 0.5) is 10.1 Å². The molecule has 0 bridgehead atoms. The van der Waals surface area contributed by atoms with Crippen molar-refractivity contribution >= 4 is 27.5 Å². The van der Waals surface area contributed by atoms with Gasteiger partial charge in [-0.05, 0) is 54.4 Å². The van der Waals surface area contributed by atoms with Gasteiger partial charge in [0.25, 0.3) is 10.0 Å². The summed E-state index contributed by atoms with van der Waals surface area (Å²) in [6.07, 6.45) is 0.199. The lowest BCUT2D eigenvalue weighted by molar-refractivity contribution is -0.140. The molecule has 0 aliphatic carbocycles. The molecule has 0 heterocycles. The molecule has 2 amide bonds. The summed E-state index contributed by atoms with van der Waals surface area (Å²) < 4.78 is 53.8. The van der Waals surface area contributed by atoms with E-state index in [-0.39, 0.29) is 35.2 Å². The number of hydrogen-bond acceptors (Lipinski definition) is 6. The maximum Gasteiger partial charge on any atom is 0.264 e. The molecule has 4 rings (SSSR count). The number of carbonyl (C=O) groups excluding carboxylic acids is 2. The van der Waals surface area contributed by atoms with Gasteiger partial charge < -0.3 is 19.7 Å². The van der Waals surface area contributed by atoms with Crippen molar-refractivity contribution in [2.45, 2.75) is 30.8 Å². The van der Waals surface area contributed by atoms with Gasteiger partial charge in [-0.3, -0.25) is 13.9 Å². The number of methoxy groups -OCH3 is 2. The van der Waals surface area contributed by atoms with E-state index in [1.54, 1.807) is 6.92 Å². The van der Waals surface area contributed by atoms with Gasteiger partial charge in [0.15, 0.2) is 11.5 Å². The lowest BCUT2D eigenvalue weighted by Gasteiger charge is -2.33. The van der Waals surface area contributed by atoms with Crippen molar-refractivity contribution in [1.29, 1.82) is 0 Å². The monoisotopic (exact) mass is 633 g/mol. The molecule has 1 N–H and O–H groups in total. The highest BCUT2D eigenvalue weighted by Gasteiger charge is 2.35. The number of amides is 2. The third-order valence-corrected chi connectivity index (χ3v) is 8.92. The summed E-state index contributed by atoms with van der Waals surface area (Å²) in [4.78, 5) is 29.1. The first kappa shape index (κ1) is 33.0. The highest BCUT2D eigenvalue weighted by Crippen LogP contribution is 2.32. The molecule has 0 unspecified atom stereocenters. The number of halogens is 1. The molecule has 236 valence electrons. The van der Waals surface area contributed by atoms with Crippen LogP contribution in [0.2, 0.25) is 0 Å². The number of ether oxygens (including phenoxy) is 2. The molecule has 0 aliphatic heterocycles. The Hall–Kier alpha value is -4.90. The van der Waals surface area contributed by atoms with Crippen LogP contribution in [0, 0.1) is 5.82 Å². The first-order valence-corrected chi connectivity index (χ1v) is 15.8. The lowest BCUT2D eigenvalue weighted by Crippen LogP contribution is -2.53. The SMILES string of the molecule is CCNC(=O)[C@H](Cc1ccccc1)N(Cc1ccccc1)C(=O)CN(c1ccc(F)cc1)S(=O)(=O)c1ccc(OC)c(OC)c1. The number of nitrogens with zero attached hydrogens (tertiary/aromatic N) is 2. The van der Waals surface area contributed by atoms with Crippen LogP contribution in [0.1, 0.15) is 18.1 Å². The van der Waals surface area contributed by atoms with Gasteiger partial charge >= 0.3 is 0 Å². The van der Waals surface area contributed by atoms with E-state index in [9.17, 15) is 22.4 Å². The minimum atomic E-state index is -4.41. The van der Waals surface area contributed by atoms with Crippen molar-refractivity contribution in [3.05, 3.63) is 120 Å². The van der Waals surface area contributed by atoms with E-state index >= 15 is 0 Å². The van der Waals surface area contributed by atoms with E-state index in [0.29, 0.717) is 12.3 Å². The Balaban J connectivity index is 1.80. The van der Waals surface area contributed by atoms with Crippen LogP contribution >= 0.6 is 0 Å².